The average molecular weight is 410 g/mol. The Kier molecular flexibility index (Phi) is 6.43. The fourth-order valence-corrected chi connectivity index (χ4v) is 3.41. The molecule has 0 fully saturated rings. The largest absolute Gasteiger partial charge is 0.576 e. The van der Waals surface area contributed by atoms with Crippen LogP contribution in [0.15, 0.2) is 97.1 Å². The maximum Gasteiger partial charge on any atom is 0.576 e. The molecule has 0 aromatic heterocycles. The second kappa shape index (κ2) is 9.76. The molecule has 0 aliphatic rings. The summed E-state index contributed by atoms with van der Waals surface area (Å²) in [6, 6.07) is 31.6. The highest BCUT2D eigenvalue weighted by molar-refractivity contribution is 6.20. The lowest BCUT2D eigenvalue weighted by molar-refractivity contribution is 0.413. The van der Waals surface area contributed by atoms with Gasteiger partial charge in [0.2, 0.25) is 0 Å². The average Bonchev–Trinajstić information content (AvgIpc) is 2.85. The van der Waals surface area contributed by atoms with Crippen molar-refractivity contribution in [3.63, 3.8) is 0 Å². The van der Waals surface area contributed by atoms with Gasteiger partial charge >= 0.3 is 7.69 Å². The van der Waals surface area contributed by atoms with Crippen LogP contribution in [-0.2, 0) is 0 Å². The molecule has 0 saturated heterocycles. The van der Waals surface area contributed by atoms with Gasteiger partial charge in [-0.3, -0.25) is 0 Å². The standard InChI is InChI=1S/C26H23BO4/c1-28-25-15-13-21(17-23(25)19-9-5-3-6-10-19)30-27-31-22-14-16-26(29-2)24(18-22)20-11-7-4-8-12-20/h3-18,27H,1-2H3. The fourth-order valence-electron chi connectivity index (χ4n) is 3.41. The van der Waals surface area contributed by atoms with Crippen LogP contribution in [0.4, 0.5) is 0 Å². The summed E-state index contributed by atoms with van der Waals surface area (Å²) in [6.45, 7) is 0. The van der Waals surface area contributed by atoms with Crippen molar-refractivity contribution in [3.05, 3.63) is 97.1 Å². The SMILES string of the molecule is COc1ccc(OBOc2ccc(OC)c(-c3ccccc3)c2)cc1-c1ccccc1. The summed E-state index contributed by atoms with van der Waals surface area (Å²) in [6.07, 6.45) is 0. The van der Waals surface area contributed by atoms with Crippen molar-refractivity contribution in [1.82, 2.24) is 0 Å². The van der Waals surface area contributed by atoms with Crippen LogP contribution in [0.2, 0.25) is 0 Å². The van der Waals surface area contributed by atoms with Gasteiger partial charge in [0, 0.05) is 11.1 Å². The van der Waals surface area contributed by atoms with E-state index in [0.717, 1.165) is 33.8 Å². The van der Waals surface area contributed by atoms with E-state index in [9.17, 15) is 0 Å². The van der Waals surface area contributed by atoms with Gasteiger partial charge in [0.15, 0.2) is 0 Å². The van der Waals surface area contributed by atoms with Crippen molar-refractivity contribution in [2.75, 3.05) is 14.2 Å². The third-order valence-corrected chi connectivity index (χ3v) is 4.96. The highest BCUT2D eigenvalue weighted by atomic mass is 16.6. The monoisotopic (exact) mass is 410 g/mol. The molecule has 0 aliphatic heterocycles. The molecule has 0 aliphatic carbocycles. The Hall–Kier alpha value is -3.86. The lowest BCUT2D eigenvalue weighted by atomic mass is 10.0. The summed E-state index contributed by atoms with van der Waals surface area (Å²) in [4.78, 5) is 0. The van der Waals surface area contributed by atoms with E-state index in [0.29, 0.717) is 11.5 Å². The minimum atomic E-state index is 0.0844. The van der Waals surface area contributed by atoms with E-state index in [-0.39, 0.29) is 7.69 Å². The van der Waals surface area contributed by atoms with E-state index in [1.54, 1.807) is 14.2 Å². The van der Waals surface area contributed by atoms with Crippen molar-refractivity contribution in [2.24, 2.45) is 0 Å². The predicted octanol–water partition coefficient (Wildman–Crippen LogP) is 5.76. The zero-order valence-corrected chi connectivity index (χ0v) is 17.6. The highest BCUT2D eigenvalue weighted by Crippen LogP contribution is 2.34. The lowest BCUT2D eigenvalue weighted by Crippen LogP contribution is -2.11. The van der Waals surface area contributed by atoms with E-state index in [1.165, 1.54) is 0 Å². The Labute approximate surface area is 183 Å². The number of benzene rings is 4. The molecule has 0 unspecified atom stereocenters. The zero-order valence-electron chi connectivity index (χ0n) is 17.6. The minimum absolute atomic E-state index is 0.0844. The van der Waals surface area contributed by atoms with Gasteiger partial charge in [-0.05, 0) is 47.5 Å². The fraction of sp³-hybridized carbons (Fsp3) is 0.0769. The lowest BCUT2D eigenvalue weighted by Gasteiger charge is -2.14. The summed E-state index contributed by atoms with van der Waals surface area (Å²) in [5.41, 5.74) is 4.06. The van der Waals surface area contributed by atoms with Crippen molar-refractivity contribution in [1.29, 1.82) is 0 Å². The molecule has 0 saturated carbocycles. The van der Waals surface area contributed by atoms with Crippen molar-refractivity contribution in [3.8, 4) is 45.3 Å². The van der Waals surface area contributed by atoms with E-state index in [4.69, 9.17) is 18.8 Å². The molecule has 4 nitrogen and oxygen atoms in total. The normalized spacial score (nSPS) is 10.3. The maximum absolute atomic E-state index is 5.86. The Morgan fingerprint density at radius 3 is 1.32 bits per heavy atom. The maximum atomic E-state index is 5.86. The molecule has 4 rings (SSSR count). The zero-order chi connectivity index (χ0) is 21.5. The molecule has 0 atom stereocenters. The molecular weight excluding hydrogens is 387 g/mol. The third kappa shape index (κ3) is 4.84. The van der Waals surface area contributed by atoms with Gasteiger partial charge in [0.1, 0.15) is 23.0 Å². The first kappa shape index (κ1) is 20.4. The number of rotatable bonds is 8. The first-order valence-corrected chi connectivity index (χ1v) is 10.0. The van der Waals surface area contributed by atoms with E-state index < -0.39 is 0 Å². The summed E-state index contributed by atoms with van der Waals surface area (Å²) >= 11 is 0. The molecule has 5 heteroatoms. The molecule has 0 bridgehead atoms. The number of ether oxygens (including phenoxy) is 2. The van der Waals surface area contributed by atoms with Crippen molar-refractivity contribution < 1.29 is 18.8 Å². The van der Waals surface area contributed by atoms with Crippen molar-refractivity contribution in [2.45, 2.75) is 0 Å². The van der Waals surface area contributed by atoms with Crippen LogP contribution in [0.1, 0.15) is 0 Å². The minimum Gasteiger partial charge on any atom is -0.528 e. The van der Waals surface area contributed by atoms with Crippen LogP contribution in [-0.4, -0.2) is 21.9 Å². The van der Waals surface area contributed by atoms with Crippen LogP contribution in [0.25, 0.3) is 22.3 Å². The van der Waals surface area contributed by atoms with Crippen LogP contribution < -0.4 is 18.8 Å². The summed E-state index contributed by atoms with van der Waals surface area (Å²) < 4.78 is 22.7. The van der Waals surface area contributed by atoms with Gasteiger partial charge in [-0.25, -0.2) is 0 Å². The molecule has 154 valence electrons. The molecule has 0 heterocycles. The van der Waals surface area contributed by atoms with E-state index >= 15 is 0 Å². The van der Waals surface area contributed by atoms with E-state index in [2.05, 4.69) is 0 Å². The molecule has 0 radical (unpaired) electrons. The van der Waals surface area contributed by atoms with Crippen LogP contribution in [0.5, 0.6) is 23.0 Å². The predicted molar refractivity (Wildman–Crippen MR) is 125 cm³/mol. The first-order valence-electron chi connectivity index (χ1n) is 10.0. The second-order valence-electron chi connectivity index (χ2n) is 6.86. The highest BCUT2D eigenvalue weighted by Gasteiger charge is 2.10. The topological polar surface area (TPSA) is 36.9 Å². The van der Waals surface area contributed by atoms with Gasteiger partial charge in [-0.2, -0.15) is 0 Å². The summed E-state index contributed by atoms with van der Waals surface area (Å²) in [5.74, 6) is 3.00. The second-order valence-corrected chi connectivity index (χ2v) is 6.86. The van der Waals surface area contributed by atoms with Gasteiger partial charge < -0.3 is 18.8 Å². The molecule has 4 aromatic rings. The molecule has 31 heavy (non-hydrogen) atoms. The van der Waals surface area contributed by atoms with Crippen LogP contribution in [0.3, 0.4) is 0 Å². The quantitative estimate of drug-likeness (QED) is 0.346. The van der Waals surface area contributed by atoms with Gasteiger partial charge in [0.25, 0.3) is 0 Å². The van der Waals surface area contributed by atoms with Crippen molar-refractivity contribution >= 4 is 7.69 Å². The van der Waals surface area contributed by atoms with E-state index in [1.807, 2.05) is 97.1 Å². The Bertz CT molecular complexity index is 1040. The number of methoxy groups -OCH3 is 2. The Morgan fingerprint density at radius 2 is 0.935 bits per heavy atom. The summed E-state index contributed by atoms with van der Waals surface area (Å²) in [7, 11) is 3.42. The van der Waals surface area contributed by atoms with Gasteiger partial charge in [-0.1, -0.05) is 60.7 Å². The number of hydrogen-bond acceptors (Lipinski definition) is 4. The van der Waals surface area contributed by atoms with Crippen LogP contribution >= 0.6 is 0 Å². The van der Waals surface area contributed by atoms with Gasteiger partial charge in [0.05, 0.1) is 14.2 Å². The first-order chi connectivity index (χ1) is 15.3. The molecule has 0 amide bonds. The third-order valence-electron chi connectivity index (χ3n) is 4.96. The molecule has 0 spiro atoms. The smallest absolute Gasteiger partial charge is 0.528 e. The molecular formula is C26H23BO4. The number of hydrogen-bond donors (Lipinski definition) is 0. The van der Waals surface area contributed by atoms with Crippen LogP contribution in [0, 0.1) is 0 Å². The van der Waals surface area contributed by atoms with Gasteiger partial charge in [-0.15, -0.1) is 0 Å². The Morgan fingerprint density at radius 1 is 0.516 bits per heavy atom. The summed E-state index contributed by atoms with van der Waals surface area (Å²) in [5, 5.41) is 0. The Balaban J connectivity index is 1.49. The molecule has 4 aromatic carbocycles. The molecule has 0 N–H and O–H groups in total.